The number of carbonyl (C=O) groups is 2. The minimum atomic E-state index is -0.323. The molecule has 0 spiro atoms. The van der Waals surface area contributed by atoms with E-state index in [4.69, 9.17) is 4.42 Å². The van der Waals surface area contributed by atoms with E-state index in [1.807, 2.05) is 12.1 Å². The van der Waals surface area contributed by atoms with E-state index >= 15 is 0 Å². The number of piperidine rings is 2. The lowest BCUT2D eigenvalue weighted by molar-refractivity contribution is -0.120. The lowest BCUT2D eigenvalue weighted by atomic mass is 9.99. The first-order valence-electron chi connectivity index (χ1n) is 13.2. The van der Waals surface area contributed by atoms with Gasteiger partial charge < -0.3 is 19.5 Å². The van der Waals surface area contributed by atoms with E-state index in [-0.39, 0.29) is 23.5 Å². The van der Waals surface area contributed by atoms with Crippen molar-refractivity contribution in [3.05, 3.63) is 54.7 Å². The van der Waals surface area contributed by atoms with Crippen LogP contribution in [0, 0.1) is 5.82 Å². The molecule has 0 radical (unpaired) electrons. The monoisotopic (exact) mass is 528 g/mol. The maximum absolute atomic E-state index is 13.9. The van der Waals surface area contributed by atoms with Crippen molar-refractivity contribution in [3.8, 4) is 22.5 Å². The van der Waals surface area contributed by atoms with Gasteiger partial charge in [-0.05, 0) is 42.7 Å². The number of anilines is 2. The van der Waals surface area contributed by atoms with Gasteiger partial charge in [0.05, 0.1) is 5.39 Å². The second-order valence-corrected chi connectivity index (χ2v) is 10.1. The standard InChI is InChI=1S/C29H29FN6O3/c1-18(37)34-22-8-12-36(13-9-22)28-26-25(19-2-5-21(30)6-3-19)27(39-29(26)33-17-32-28)20-4-7-24(31-16-20)35-14-10-23(38)11-15-35/h2-7,16-17,22H,8-15H2,1H3,(H,34,37). The Balaban J connectivity index is 1.40. The van der Waals surface area contributed by atoms with Crippen LogP contribution in [-0.2, 0) is 9.59 Å². The SMILES string of the molecule is CC(=O)NC1CCN(c2ncnc3oc(-c4ccc(N5CCC(=O)CC5)nc4)c(-c4ccc(F)cc4)c23)CC1. The van der Waals surface area contributed by atoms with Crippen LogP contribution in [0.3, 0.4) is 0 Å². The zero-order valence-corrected chi connectivity index (χ0v) is 21.7. The van der Waals surface area contributed by atoms with Crippen LogP contribution in [0.1, 0.15) is 32.6 Å². The Labute approximate surface area is 225 Å². The predicted octanol–water partition coefficient (Wildman–Crippen LogP) is 4.37. The summed E-state index contributed by atoms with van der Waals surface area (Å²) in [6, 6.07) is 10.3. The second kappa shape index (κ2) is 10.4. The quantitative estimate of drug-likeness (QED) is 0.407. The molecule has 4 aromatic rings. The van der Waals surface area contributed by atoms with Gasteiger partial charge in [-0.3, -0.25) is 9.59 Å². The second-order valence-electron chi connectivity index (χ2n) is 10.1. The van der Waals surface area contributed by atoms with Crippen molar-refractivity contribution in [2.24, 2.45) is 0 Å². The summed E-state index contributed by atoms with van der Waals surface area (Å²) in [5.74, 6) is 2.08. The van der Waals surface area contributed by atoms with Crippen molar-refractivity contribution < 1.29 is 18.4 Å². The normalized spacial score (nSPS) is 16.6. The van der Waals surface area contributed by atoms with E-state index in [0.29, 0.717) is 37.4 Å². The molecule has 10 heteroatoms. The molecule has 2 aliphatic heterocycles. The molecule has 2 fully saturated rings. The smallest absolute Gasteiger partial charge is 0.232 e. The van der Waals surface area contributed by atoms with Crippen LogP contribution < -0.4 is 15.1 Å². The van der Waals surface area contributed by atoms with Crippen molar-refractivity contribution in [2.75, 3.05) is 36.0 Å². The van der Waals surface area contributed by atoms with Crippen LogP contribution in [0.5, 0.6) is 0 Å². The molecule has 2 saturated heterocycles. The summed E-state index contributed by atoms with van der Waals surface area (Å²) in [7, 11) is 0. The van der Waals surface area contributed by atoms with Gasteiger partial charge in [-0.2, -0.15) is 0 Å². The summed E-state index contributed by atoms with van der Waals surface area (Å²) in [5, 5.41) is 3.77. The molecule has 9 nitrogen and oxygen atoms in total. The van der Waals surface area contributed by atoms with Crippen molar-refractivity contribution in [2.45, 2.75) is 38.6 Å². The zero-order valence-electron chi connectivity index (χ0n) is 21.7. The Kier molecular flexibility index (Phi) is 6.68. The number of carbonyl (C=O) groups excluding carboxylic acids is 2. The molecule has 3 aromatic heterocycles. The number of halogens is 1. The maximum Gasteiger partial charge on any atom is 0.232 e. The number of amides is 1. The molecule has 1 N–H and O–H groups in total. The van der Waals surface area contributed by atoms with Gasteiger partial charge in [0.2, 0.25) is 11.6 Å². The Morgan fingerprint density at radius 3 is 2.33 bits per heavy atom. The number of hydrogen-bond donors (Lipinski definition) is 1. The first-order chi connectivity index (χ1) is 19.0. The number of furan rings is 1. The topological polar surface area (TPSA) is 104 Å². The van der Waals surface area contributed by atoms with Crippen LogP contribution in [-0.4, -0.2) is 58.9 Å². The molecular weight excluding hydrogens is 499 g/mol. The van der Waals surface area contributed by atoms with Gasteiger partial charge in [0.1, 0.15) is 35.3 Å². The minimum absolute atomic E-state index is 0.0237. The number of nitrogens with one attached hydrogen (secondary N) is 1. The van der Waals surface area contributed by atoms with Crippen LogP contribution in [0.2, 0.25) is 0 Å². The summed E-state index contributed by atoms with van der Waals surface area (Å²) in [4.78, 5) is 41.2. The minimum Gasteiger partial charge on any atom is -0.437 e. The van der Waals surface area contributed by atoms with Crippen molar-refractivity contribution in [1.29, 1.82) is 0 Å². The van der Waals surface area contributed by atoms with E-state index in [9.17, 15) is 14.0 Å². The van der Waals surface area contributed by atoms with Crippen LogP contribution in [0.15, 0.2) is 53.3 Å². The Morgan fingerprint density at radius 1 is 0.949 bits per heavy atom. The van der Waals surface area contributed by atoms with E-state index < -0.39 is 0 Å². The third kappa shape index (κ3) is 5.06. The highest BCUT2D eigenvalue weighted by atomic mass is 19.1. The average molecular weight is 529 g/mol. The summed E-state index contributed by atoms with van der Waals surface area (Å²) in [6.45, 7) is 4.30. The highest BCUT2D eigenvalue weighted by Gasteiger charge is 2.28. The number of Topliss-reactive ketones (excluding diaryl/α,β-unsaturated/α-hetero) is 1. The molecule has 200 valence electrons. The van der Waals surface area contributed by atoms with E-state index in [0.717, 1.165) is 59.6 Å². The summed E-state index contributed by atoms with van der Waals surface area (Å²) < 4.78 is 20.2. The van der Waals surface area contributed by atoms with Gasteiger partial charge in [-0.15, -0.1) is 0 Å². The number of benzene rings is 1. The van der Waals surface area contributed by atoms with Crippen LogP contribution in [0.4, 0.5) is 16.0 Å². The number of pyridine rings is 1. The molecule has 1 aromatic carbocycles. The van der Waals surface area contributed by atoms with Crippen molar-refractivity contribution >= 4 is 34.4 Å². The van der Waals surface area contributed by atoms with Gasteiger partial charge in [-0.25, -0.2) is 19.3 Å². The molecule has 0 unspecified atom stereocenters. The molecule has 5 heterocycles. The van der Waals surface area contributed by atoms with Gasteiger partial charge in [-0.1, -0.05) is 12.1 Å². The third-order valence-corrected chi connectivity index (χ3v) is 7.46. The Bertz CT molecular complexity index is 1500. The first-order valence-corrected chi connectivity index (χ1v) is 13.2. The van der Waals surface area contributed by atoms with E-state index in [2.05, 4.69) is 30.1 Å². The first kappa shape index (κ1) is 25.0. The molecule has 0 bridgehead atoms. The van der Waals surface area contributed by atoms with Crippen molar-refractivity contribution in [3.63, 3.8) is 0 Å². The fourth-order valence-corrected chi connectivity index (χ4v) is 5.47. The van der Waals surface area contributed by atoms with E-state index in [1.165, 1.54) is 25.4 Å². The molecule has 0 saturated carbocycles. The Hall–Kier alpha value is -4.34. The van der Waals surface area contributed by atoms with Gasteiger partial charge >= 0.3 is 0 Å². The fraction of sp³-hybridized carbons (Fsp3) is 0.345. The van der Waals surface area contributed by atoms with Gasteiger partial charge in [0.15, 0.2) is 0 Å². The van der Waals surface area contributed by atoms with Crippen molar-refractivity contribution in [1.82, 2.24) is 20.3 Å². The van der Waals surface area contributed by atoms with Crippen LogP contribution >= 0.6 is 0 Å². The fourth-order valence-electron chi connectivity index (χ4n) is 5.47. The number of ketones is 1. The lowest BCUT2D eigenvalue weighted by Gasteiger charge is -2.33. The largest absolute Gasteiger partial charge is 0.437 e. The average Bonchev–Trinajstić information content (AvgIpc) is 3.34. The molecular formula is C29H29FN6O3. The molecule has 0 aliphatic carbocycles. The molecule has 6 rings (SSSR count). The molecule has 2 aliphatic rings. The maximum atomic E-state index is 13.9. The van der Waals surface area contributed by atoms with Crippen LogP contribution in [0.25, 0.3) is 33.6 Å². The number of fused-ring (bicyclic) bond motifs is 1. The summed E-state index contributed by atoms with van der Waals surface area (Å²) >= 11 is 0. The Morgan fingerprint density at radius 2 is 1.67 bits per heavy atom. The number of hydrogen-bond acceptors (Lipinski definition) is 8. The summed E-state index contributed by atoms with van der Waals surface area (Å²) in [6.07, 6.45) is 5.93. The summed E-state index contributed by atoms with van der Waals surface area (Å²) in [5.41, 5.74) is 2.77. The van der Waals surface area contributed by atoms with Gasteiger partial charge in [0, 0.05) is 69.3 Å². The van der Waals surface area contributed by atoms with E-state index in [1.54, 1.807) is 18.3 Å². The zero-order chi connectivity index (χ0) is 26.9. The van der Waals surface area contributed by atoms with Gasteiger partial charge in [0.25, 0.3) is 0 Å². The number of rotatable bonds is 5. The highest BCUT2D eigenvalue weighted by Crippen LogP contribution is 2.44. The molecule has 0 atom stereocenters. The molecule has 39 heavy (non-hydrogen) atoms. The molecule has 1 amide bonds. The number of aromatic nitrogens is 3. The lowest BCUT2D eigenvalue weighted by Crippen LogP contribution is -2.44. The number of nitrogens with zero attached hydrogens (tertiary/aromatic N) is 5. The highest BCUT2D eigenvalue weighted by molar-refractivity contribution is 6.06. The predicted molar refractivity (Wildman–Crippen MR) is 146 cm³/mol. The third-order valence-electron chi connectivity index (χ3n) is 7.46.